The molecule has 0 spiro atoms. The number of alkyl carbamates (subject to hydrolysis) is 1. The van der Waals surface area contributed by atoms with Gasteiger partial charge in [0.2, 0.25) is 5.91 Å². The first-order valence-corrected chi connectivity index (χ1v) is 12.3. The first kappa shape index (κ1) is 23.4. The lowest BCUT2D eigenvalue weighted by Crippen LogP contribution is -2.52. The standard InChI is InChI=1S/C27H30N2O6/c30-25(28-24-15-34-13-22(24)26(31)32)20-11-5-6-12-23(20)29-27(33)35-14-21-18-9-3-1-7-16(18)17-8-2-4-10-19(17)21/h1-4,7-10,20-24H,5-6,11-15H2,(H,28,30)(H,29,33)(H,31,32). The number of nitrogens with one attached hydrogen (secondary N) is 2. The SMILES string of the molecule is O=C(NC1CCCCC1C(=O)NC1COCC1C(=O)O)OCC1c2ccccc2-c2ccccc21. The Balaban J connectivity index is 1.21. The van der Waals surface area contributed by atoms with Gasteiger partial charge in [-0.05, 0) is 35.1 Å². The molecule has 5 rings (SSSR count). The number of hydrogen-bond acceptors (Lipinski definition) is 5. The third-order valence-corrected chi connectivity index (χ3v) is 7.48. The highest BCUT2D eigenvalue weighted by Gasteiger charge is 2.39. The molecular weight excluding hydrogens is 448 g/mol. The predicted octanol–water partition coefficient (Wildman–Crippen LogP) is 3.30. The smallest absolute Gasteiger partial charge is 0.407 e. The van der Waals surface area contributed by atoms with Crippen molar-refractivity contribution in [1.82, 2.24) is 10.6 Å². The number of carboxylic acids is 1. The van der Waals surface area contributed by atoms with Gasteiger partial charge in [0, 0.05) is 12.0 Å². The predicted molar refractivity (Wildman–Crippen MR) is 128 cm³/mol. The van der Waals surface area contributed by atoms with Crippen LogP contribution in [0.15, 0.2) is 48.5 Å². The zero-order chi connectivity index (χ0) is 24.4. The highest BCUT2D eigenvalue weighted by atomic mass is 16.5. The van der Waals surface area contributed by atoms with E-state index in [0.29, 0.717) is 12.8 Å². The summed E-state index contributed by atoms with van der Waals surface area (Å²) in [7, 11) is 0. The summed E-state index contributed by atoms with van der Waals surface area (Å²) in [5, 5.41) is 15.1. The summed E-state index contributed by atoms with van der Waals surface area (Å²) in [4.78, 5) is 37.2. The van der Waals surface area contributed by atoms with Gasteiger partial charge in [0.1, 0.15) is 12.5 Å². The second-order valence-corrected chi connectivity index (χ2v) is 9.56. The molecule has 4 atom stereocenters. The summed E-state index contributed by atoms with van der Waals surface area (Å²) in [6, 6.07) is 15.4. The van der Waals surface area contributed by atoms with E-state index in [1.54, 1.807) is 0 Å². The second kappa shape index (κ2) is 10.1. The largest absolute Gasteiger partial charge is 0.481 e. The van der Waals surface area contributed by atoms with Gasteiger partial charge in [0.15, 0.2) is 0 Å². The van der Waals surface area contributed by atoms with Crippen LogP contribution < -0.4 is 10.6 Å². The van der Waals surface area contributed by atoms with Crippen molar-refractivity contribution in [1.29, 1.82) is 0 Å². The summed E-state index contributed by atoms with van der Waals surface area (Å²) >= 11 is 0. The molecule has 2 aliphatic carbocycles. The lowest BCUT2D eigenvalue weighted by atomic mass is 9.83. The fourth-order valence-corrected chi connectivity index (χ4v) is 5.64. The van der Waals surface area contributed by atoms with E-state index >= 15 is 0 Å². The first-order chi connectivity index (χ1) is 17.0. The van der Waals surface area contributed by atoms with Gasteiger partial charge >= 0.3 is 12.1 Å². The molecule has 2 aromatic rings. The molecule has 0 bridgehead atoms. The van der Waals surface area contributed by atoms with Gasteiger partial charge in [-0.15, -0.1) is 0 Å². The van der Waals surface area contributed by atoms with Crippen molar-refractivity contribution >= 4 is 18.0 Å². The Morgan fingerprint density at radius 2 is 1.51 bits per heavy atom. The first-order valence-electron chi connectivity index (χ1n) is 12.3. The number of amides is 2. The fraction of sp³-hybridized carbons (Fsp3) is 0.444. The lowest BCUT2D eigenvalue weighted by Gasteiger charge is -2.32. The Hall–Kier alpha value is -3.39. The van der Waals surface area contributed by atoms with Gasteiger partial charge in [0.05, 0.1) is 25.2 Å². The Bertz CT molecular complexity index is 1070. The number of fused-ring (bicyclic) bond motifs is 3. The third-order valence-electron chi connectivity index (χ3n) is 7.48. The number of carbonyl (C=O) groups is 3. The van der Waals surface area contributed by atoms with Gasteiger partial charge in [-0.1, -0.05) is 61.4 Å². The number of hydrogen-bond donors (Lipinski definition) is 3. The van der Waals surface area contributed by atoms with Crippen LogP contribution in [0.5, 0.6) is 0 Å². The quantitative estimate of drug-likeness (QED) is 0.587. The number of carbonyl (C=O) groups excluding carboxylic acids is 2. The average molecular weight is 479 g/mol. The molecular formula is C27H30N2O6. The van der Waals surface area contributed by atoms with Crippen LogP contribution in [0.2, 0.25) is 0 Å². The molecule has 3 aliphatic rings. The van der Waals surface area contributed by atoms with E-state index in [2.05, 4.69) is 34.9 Å². The maximum Gasteiger partial charge on any atom is 0.407 e. The maximum absolute atomic E-state index is 13.0. The van der Waals surface area contributed by atoms with Crippen LogP contribution in [0.1, 0.15) is 42.7 Å². The second-order valence-electron chi connectivity index (χ2n) is 9.56. The van der Waals surface area contributed by atoms with Crippen molar-refractivity contribution in [2.75, 3.05) is 19.8 Å². The van der Waals surface area contributed by atoms with Crippen LogP contribution in [0.4, 0.5) is 4.79 Å². The Morgan fingerprint density at radius 1 is 0.857 bits per heavy atom. The van der Waals surface area contributed by atoms with Crippen LogP contribution in [-0.4, -0.2) is 55.0 Å². The van der Waals surface area contributed by atoms with E-state index in [4.69, 9.17) is 9.47 Å². The third kappa shape index (κ3) is 4.75. The lowest BCUT2D eigenvalue weighted by molar-refractivity contribution is -0.142. The van der Waals surface area contributed by atoms with Gasteiger partial charge in [0.25, 0.3) is 0 Å². The van der Waals surface area contributed by atoms with Crippen molar-refractivity contribution in [2.24, 2.45) is 11.8 Å². The Labute approximate surface area is 204 Å². The average Bonchev–Trinajstić information content (AvgIpc) is 3.46. The molecule has 0 radical (unpaired) electrons. The van der Waals surface area contributed by atoms with Crippen molar-refractivity contribution in [3.8, 4) is 11.1 Å². The van der Waals surface area contributed by atoms with Crippen molar-refractivity contribution < 1.29 is 29.0 Å². The molecule has 1 saturated heterocycles. The molecule has 1 saturated carbocycles. The number of benzene rings is 2. The number of carboxylic acid groups (broad SMARTS) is 1. The summed E-state index contributed by atoms with van der Waals surface area (Å²) in [5.74, 6) is -2.44. The zero-order valence-corrected chi connectivity index (χ0v) is 19.4. The van der Waals surface area contributed by atoms with Crippen molar-refractivity contribution in [3.63, 3.8) is 0 Å². The molecule has 2 fully saturated rings. The number of ether oxygens (including phenoxy) is 2. The minimum absolute atomic E-state index is 0.0334. The number of aliphatic carboxylic acids is 1. The normalized spacial score (nSPS) is 25.4. The summed E-state index contributed by atoms with van der Waals surface area (Å²) in [5.41, 5.74) is 4.61. The minimum Gasteiger partial charge on any atom is -0.481 e. The van der Waals surface area contributed by atoms with Crippen molar-refractivity contribution in [2.45, 2.75) is 43.7 Å². The highest BCUT2D eigenvalue weighted by molar-refractivity contribution is 5.82. The van der Waals surface area contributed by atoms with E-state index < -0.39 is 29.9 Å². The fourth-order valence-electron chi connectivity index (χ4n) is 5.64. The van der Waals surface area contributed by atoms with E-state index in [0.717, 1.165) is 35.1 Å². The molecule has 4 unspecified atom stereocenters. The van der Waals surface area contributed by atoms with Crippen LogP contribution in [0.3, 0.4) is 0 Å². The minimum atomic E-state index is -0.982. The molecule has 184 valence electrons. The summed E-state index contributed by atoms with van der Waals surface area (Å²) in [6.45, 7) is 0.482. The highest BCUT2D eigenvalue weighted by Crippen LogP contribution is 2.44. The van der Waals surface area contributed by atoms with Gasteiger partial charge in [-0.25, -0.2) is 4.79 Å². The zero-order valence-electron chi connectivity index (χ0n) is 19.4. The molecule has 1 aliphatic heterocycles. The molecule has 3 N–H and O–H groups in total. The molecule has 8 heteroatoms. The molecule has 0 aromatic heterocycles. The molecule has 2 aromatic carbocycles. The summed E-state index contributed by atoms with van der Waals surface area (Å²) in [6.07, 6.45) is 2.55. The van der Waals surface area contributed by atoms with E-state index in [1.165, 1.54) is 0 Å². The van der Waals surface area contributed by atoms with Gasteiger partial charge in [-0.3, -0.25) is 9.59 Å². The van der Waals surface area contributed by atoms with E-state index in [-0.39, 0.29) is 37.7 Å². The van der Waals surface area contributed by atoms with Crippen LogP contribution in [0.25, 0.3) is 11.1 Å². The van der Waals surface area contributed by atoms with E-state index in [9.17, 15) is 19.5 Å². The van der Waals surface area contributed by atoms with Crippen LogP contribution >= 0.6 is 0 Å². The van der Waals surface area contributed by atoms with Crippen molar-refractivity contribution in [3.05, 3.63) is 59.7 Å². The van der Waals surface area contributed by atoms with Gasteiger partial charge < -0.3 is 25.2 Å². The Kier molecular flexibility index (Phi) is 6.72. The summed E-state index contributed by atoms with van der Waals surface area (Å²) < 4.78 is 10.9. The molecule has 35 heavy (non-hydrogen) atoms. The molecule has 8 nitrogen and oxygen atoms in total. The topological polar surface area (TPSA) is 114 Å². The Morgan fingerprint density at radius 3 is 2.20 bits per heavy atom. The molecule has 1 heterocycles. The van der Waals surface area contributed by atoms with Crippen LogP contribution in [0, 0.1) is 11.8 Å². The monoisotopic (exact) mass is 478 g/mol. The van der Waals surface area contributed by atoms with E-state index in [1.807, 2.05) is 24.3 Å². The molecule has 2 amide bonds. The van der Waals surface area contributed by atoms with Gasteiger partial charge in [-0.2, -0.15) is 0 Å². The van der Waals surface area contributed by atoms with Crippen LogP contribution in [-0.2, 0) is 19.1 Å². The maximum atomic E-state index is 13.0. The number of rotatable bonds is 6.